The fourth-order valence-corrected chi connectivity index (χ4v) is 4.57. The summed E-state index contributed by atoms with van der Waals surface area (Å²) in [7, 11) is -5.54. The second-order valence-corrected chi connectivity index (χ2v) is 10.9. The average molecular weight is 464 g/mol. The van der Waals surface area contributed by atoms with Crippen LogP contribution in [0.15, 0.2) is 23.1 Å². The Morgan fingerprint density at radius 2 is 1.80 bits per heavy atom. The minimum Gasteiger partial charge on any atom is -0.490 e. The Bertz CT molecular complexity index is 933. The van der Waals surface area contributed by atoms with E-state index in [4.69, 9.17) is 9.47 Å². The van der Waals surface area contributed by atoms with E-state index in [9.17, 15) is 21.6 Å². The number of amides is 1. The molecule has 0 unspecified atom stereocenters. The van der Waals surface area contributed by atoms with E-state index in [1.54, 1.807) is 13.0 Å². The van der Waals surface area contributed by atoms with Crippen molar-refractivity contribution in [1.29, 1.82) is 0 Å². The lowest BCUT2D eigenvalue weighted by Gasteiger charge is -2.15. The lowest BCUT2D eigenvalue weighted by Crippen LogP contribution is -2.34. The first-order valence-corrected chi connectivity index (χ1v) is 12.8. The van der Waals surface area contributed by atoms with Crippen molar-refractivity contribution in [3.63, 3.8) is 0 Å². The van der Waals surface area contributed by atoms with Crippen molar-refractivity contribution in [3.8, 4) is 11.5 Å². The molecule has 0 radical (unpaired) electrons. The summed E-state index contributed by atoms with van der Waals surface area (Å²) in [6, 6.07) is 4.39. The molecule has 30 heavy (non-hydrogen) atoms. The summed E-state index contributed by atoms with van der Waals surface area (Å²) in [6.07, 6.45) is 1.14. The Morgan fingerprint density at radius 3 is 2.50 bits per heavy atom. The highest BCUT2D eigenvalue weighted by atomic mass is 32.2. The average Bonchev–Trinajstić information content (AvgIpc) is 2.95. The Balaban J connectivity index is 1.75. The molecule has 0 fully saturated rings. The Labute approximate surface area is 178 Å². The number of sulfonamides is 2. The van der Waals surface area contributed by atoms with Crippen LogP contribution in [0.5, 0.6) is 11.5 Å². The minimum absolute atomic E-state index is 0.0272. The predicted molar refractivity (Wildman–Crippen MR) is 112 cm³/mol. The van der Waals surface area contributed by atoms with Gasteiger partial charge in [0.15, 0.2) is 11.5 Å². The van der Waals surface area contributed by atoms with Gasteiger partial charge in [-0.15, -0.1) is 0 Å². The SMILES string of the molecule is CCS(=O)(=O)N(C)CCCNC(=O)CCNS(=O)(=O)c1ccc2c(c1)OCCCO2. The molecule has 0 aromatic heterocycles. The topological polar surface area (TPSA) is 131 Å². The van der Waals surface area contributed by atoms with Crippen LogP contribution < -0.4 is 19.5 Å². The van der Waals surface area contributed by atoms with Crippen molar-refractivity contribution in [1.82, 2.24) is 14.3 Å². The third-order valence-corrected chi connectivity index (χ3v) is 7.81. The van der Waals surface area contributed by atoms with Gasteiger partial charge in [-0.3, -0.25) is 4.79 Å². The Kier molecular flexibility index (Phi) is 8.89. The van der Waals surface area contributed by atoms with E-state index in [0.717, 1.165) is 6.42 Å². The molecule has 10 nitrogen and oxygen atoms in total. The second kappa shape index (κ2) is 10.9. The third kappa shape index (κ3) is 7.11. The van der Waals surface area contributed by atoms with E-state index < -0.39 is 20.0 Å². The normalized spacial score (nSPS) is 14.4. The molecule has 170 valence electrons. The van der Waals surface area contributed by atoms with Gasteiger partial charge in [-0.2, -0.15) is 0 Å². The van der Waals surface area contributed by atoms with Gasteiger partial charge in [-0.05, 0) is 25.5 Å². The molecule has 0 saturated carbocycles. The van der Waals surface area contributed by atoms with Crippen molar-refractivity contribution in [2.45, 2.75) is 31.1 Å². The molecule has 0 atom stereocenters. The van der Waals surface area contributed by atoms with Crippen LogP contribution in [-0.4, -0.2) is 72.7 Å². The summed E-state index contributed by atoms with van der Waals surface area (Å²) >= 11 is 0. The van der Waals surface area contributed by atoms with Gasteiger partial charge in [-0.1, -0.05) is 0 Å². The van der Waals surface area contributed by atoms with Crippen molar-refractivity contribution in [3.05, 3.63) is 18.2 Å². The number of nitrogens with one attached hydrogen (secondary N) is 2. The van der Waals surface area contributed by atoms with Crippen LogP contribution in [0, 0.1) is 0 Å². The first-order chi connectivity index (χ1) is 14.2. The molecule has 0 aliphatic carbocycles. The molecule has 2 N–H and O–H groups in total. The lowest BCUT2D eigenvalue weighted by molar-refractivity contribution is -0.120. The fraction of sp³-hybridized carbons (Fsp3) is 0.611. The van der Waals surface area contributed by atoms with Gasteiger partial charge in [0.1, 0.15) is 0 Å². The highest BCUT2D eigenvalue weighted by Crippen LogP contribution is 2.31. The number of hydrogen-bond acceptors (Lipinski definition) is 7. The number of carbonyl (C=O) groups excluding carboxylic acids is 1. The van der Waals surface area contributed by atoms with E-state index in [1.165, 1.54) is 23.5 Å². The van der Waals surface area contributed by atoms with E-state index in [1.807, 2.05) is 0 Å². The molecule has 12 heteroatoms. The van der Waals surface area contributed by atoms with Crippen molar-refractivity contribution >= 4 is 26.0 Å². The molecular formula is C18H29N3O7S2. The molecule has 1 aromatic rings. The molecular weight excluding hydrogens is 434 g/mol. The molecule has 1 aliphatic heterocycles. The summed E-state index contributed by atoms with van der Waals surface area (Å²) in [6.45, 7) is 3.07. The summed E-state index contributed by atoms with van der Waals surface area (Å²) < 4.78 is 62.8. The van der Waals surface area contributed by atoms with Crippen LogP contribution in [0.25, 0.3) is 0 Å². The molecule has 2 rings (SSSR count). The number of fused-ring (bicyclic) bond motifs is 1. The Hall–Kier alpha value is -1.89. The first kappa shape index (κ1) is 24.4. The number of ether oxygens (including phenoxy) is 2. The summed E-state index contributed by atoms with van der Waals surface area (Å²) in [5.74, 6) is 0.586. The fourth-order valence-electron chi connectivity index (χ4n) is 2.67. The maximum Gasteiger partial charge on any atom is 0.240 e. The highest BCUT2D eigenvalue weighted by molar-refractivity contribution is 7.89. The molecule has 1 amide bonds. The van der Waals surface area contributed by atoms with E-state index >= 15 is 0 Å². The predicted octanol–water partition coefficient (Wildman–Crippen LogP) is 0.304. The van der Waals surface area contributed by atoms with Crippen molar-refractivity contribution in [2.24, 2.45) is 0 Å². The van der Waals surface area contributed by atoms with Crippen LogP contribution in [0.2, 0.25) is 0 Å². The molecule has 0 spiro atoms. The summed E-state index contributed by atoms with van der Waals surface area (Å²) in [5, 5.41) is 2.65. The van der Waals surface area contributed by atoms with Gasteiger partial charge in [0.2, 0.25) is 26.0 Å². The van der Waals surface area contributed by atoms with E-state index in [-0.39, 0.29) is 29.5 Å². The zero-order valence-electron chi connectivity index (χ0n) is 17.2. The van der Waals surface area contributed by atoms with Crippen LogP contribution >= 0.6 is 0 Å². The Morgan fingerprint density at radius 1 is 1.10 bits per heavy atom. The number of rotatable bonds is 11. The maximum atomic E-state index is 12.4. The van der Waals surface area contributed by atoms with Gasteiger partial charge < -0.3 is 14.8 Å². The zero-order valence-corrected chi connectivity index (χ0v) is 18.9. The van der Waals surface area contributed by atoms with Gasteiger partial charge in [0.25, 0.3) is 0 Å². The molecule has 1 aliphatic rings. The maximum absolute atomic E-state index is 12.4. The smallest absolute Gasteiger partial charge is 0.240 e. The minimum atomic E-state index is -3.80. The van der Waals surface area contributed by atoms with Gasteiger partial charge in [-0.25, -0.2) is 25.9 Å². The van der Waals surface area contributed by atoms with Crippen molar-refractivity contribution in [2.75, 3.05) is 45.6 Å². The lowest BCUT2D eigenvalue weighted by atomic mass is 10.3. The quantitative estimate of drug-likeness (QED) is 0.451. The standard InChI is InChI=1S/C18H29N3O7S2/c1-3-29(23,24)21(2)11-4-9-19-18(22)8-10-20-30(25,26)15-6-7-16-17(14-15)28-13-5-12-27-16/h6-7,14,20H,3-5,8-13H2,1-2H3,(H,19,22). The zero-order chi connectivity index (χ0) is 22.2. The van der Waals surface area contributed by atoms with Crippen molar-refractivity contribution < 1.29 is 31.1 Å². The first-order valence-electron chi connectivity index (χ1n) is 9.76. The van der Waals surface area contributed by atoms with Crippen LogP contribution in [-0.2, 0) is 24.8 Å². The van der Waals surface area contributed by atoms with Crippen LogP contribution in [0.1, 0.15) is 26.2 Å². The van der Waals surface area contributed by atoms with Crippen LogP contribution in [0.3, 0.4) is 0 Å². The van der Waals surface area contributed by atoms with Gasteiger partial charge in [0.05, 0.1) is 23.9 Å². The molecule has 1 aromatic carbocycles. The van der Waals surface area contributed by atoms with Crippen LogP contribution in [0.4, 0.5) is 0 Å². The molecule has 0 bridgehead atoms. The van der Waals surface area contributed by atoms with Gasteiger partial charge in [0, 0.05) is 45.6 Å². The molecule has 1 heterocycles. The largest absolute Gasteiger partial charge is 0.490 e. The van der Waals surface area contributed by atoms with E-state index in [2.05, 4.69) is 10.0 Å². The number of nitrogens with zero attached hydrogens (tertiary/aromatic N) is 1. The summed E-state index contributed by atoms with van der Waals surface area (Å²) in [4.78, 5) is 11.9. The number of hydrogen-bond donors (Lipinski definition) is 2. The molecule has 0 saturated heterocycles. The highest BCUT2D eigenvalue weighted by Gasteiger charge is 2.19. The van der Waals surface area contributed by atoms with E-state index in [0.29, 0.717) is 44.2 Å². The third-order valence-electron chi connectivity index (χ3n) is 4.49. The number of benzene rings is 1. The summed E-state index contributed by atoms with van der Waals surface area (Å²) in [5.41, 5.74) is 0. The second-order valence-electron chi connectivity index (χ2n) is 6.73. The monoisotopic (exact) mass is 463 g/mol. The number of carbonyl (C=O) groups is 1. The van der Waals surface area contributed by atoms with Gasteiger partial charge >= 0.3 is 0 Å².